The molecule has 0 spiro atoms. The summed E-state index contributed by atoms with van der Waals surface area (Å²) >= 11 is 7.29. The molecule has 24 heavy (non-hydrogen) atoms. The maximum atomic E-state index is 12.1. The third-order valence-corrected chi connectivity index (χ3v) is 4.57. The Hall–Kier alpha value is -2.11. The maximum Gasteiger partial charge on any atom is 0.341 e. The number of nitrogens with one attached hydrogen (secondary N) is 1. The zero-order chi connectivity index (χ0) is 17.5. The van der Waals surface area contributed by atoms with Gasteiger partial charge in [0.1, 0.15) is 5.00 Å². The van der Waals surface area contributed by atoms with Crippen LogP contribution in [-0.4, -0.2) is 18.5 Å². The summed E-state index contributed by atoms with van der Waals surface area (Å²) in [4.78, 5) is 25.1. The van der Waals surface area contributed by atoms with Crippen molar-refractivity contribution in [2.45, 2.75) is 20.3 Å². The molecule has 0 unspecified atom stereocenters. The van der Waals surface area contributed by atoms with Gasteiger partial charge in [-0.05, 0) is 43.2 Å². The molecule has 0 fully saturated rings. The van der Waals surface area contributed by atoms with Gasteiger partial charge in [-0.15, -0.1) is 11.3 Å². The number of carbonyl (C=O) groups excluding carboxylic acids is 2. The van der Waals surface area contributed by atoms with Gasteiger partial charge in [0.15, 0.2) is 0 Å². The molecule has 1 aromatic heterocycles. The fraction of sp³-hybridized carbons (Fsp3) is 0.222. The van der Waals surface area contributed by atoms with E-state index in [1.54, 1.807) is 31.2 Å². The number of halogens is 1. The molecule has 1 amide bonds. The summed E-state index contributed by atoms with van der Waals surface area (Å²) < 4.78 is 5.03. The first-order valence-electron chi connectivity index (χ1n) is 7.58. The number of carbonyl (C=O) groups is 2. The fourth-order valence-electron chi connectivity index (χ4n) is 2.01. The smallest absolute Gasteiger partial charge is 0.341 e. The van der Waals surface area contributed by atoms with Gasteiger partial charge in [-0.3, -0.25) is 4.79 Å². The quantitative estimate of drug-likeness (QED) is 0.592. The normalized spacial score (nSPS) is 10.8. The van der Waals surface area contributed by atoms with Crippen molar-refractivity contribution in [3.8, 4) is 0 Å². The first kappa shape index (κ1) is 18.2. The second kappa shape index (κ2) is 8.66. The van der Waals surface area contributed by atoms with Crippen LogP contribution in [0, 0.1) is 0 Å². The second-order valence-corrected chi connectivity index (χ2v) is 6.48. The van der Waals surface area contributed by atoms with E-state index in [9.17, 15) is 9.59 Å². The highest BCUT2D eigenvalue weighted by atomic mass is 35.5. The van der Waals surface area contributed by atoms with E-state index in [2.05, 4.69) is 5.32 Å². The Morgan fingerprint density at radius 3 is 2.75 bits per heavy atom. The van der Waals surface area contributed by atoms with Crippen molar-refractivity contribution in [2.75, 3.05) is 11.9 Å². The SMILES string of the molecule is CCOC(=O)c1cc(CC)sc1NC(=O)/C=C/c1cccc(Cl)c1. The number of benzene rings is 1. The second-order valence-electron chi connectivity index (χ2n) is 4.91. The Labute approximate surface area is 150 Å². The van der Waals surface area contributed by atoms with Crippen LogP contribution < -0.4 is 5.32 Å². The number of esters is 1. The molecule has 0 saturated heterocycles. The van der Waals surface area contributed by atoms with Gasteiger partial charge in [-0.25, -0.2) is 4.79 Å². The summed E-state index contributed by atoms with van der Waals surface area (Å²) in [7, 11) is 0. The number of ether oxygens (including phenoxy) is 1. The van der Waals surface area contributed by atoms with E-state index < -0.39 is 5.97 Å². The van der Waals surface area contributed by atoms with Gasteiger partial charge in [-0.2, -0.15) is 0 Å². The van der Waals surface area contributed by atoms with Gasteiger partial charge in [0, 0.05) is 16.0 Å². The largest absolute Gasteiger partial charge is 0.462 e. The van der Waals surface area contributed by atoms with Gasteiger partial charge in [0.2, 0.25) is 5.91 Å². The van der Waals surface area contributed by atoms with Crippen LogP contribution in [0.5, 0.6) is 0 Å². The molecular formula is C18H18ClNO3S. The minimum Gasteiger partial charge on any atom is -0.462 e. The third kappa shape index (κ3) is 4.94. The zero-order valence-corrected chi connectivity index (χ0v) is 15.0. The Morgan fingerprint density at radius 1 is 1.29 bits per heavy atom. The van der Waals surface area contributed by atoms with E-state index in [4.69, 9.17) is 16.3 Å². The zero-order valence-electron chi connectivity index (χ0n) is 13.5. The van der Waals surface area contributed by atoms with Crippen LogP contribution in [0.25, 0.3) is 6.08 Å². The van der Waals surface area contributed by atoms with Gasteiger partial charge in [0.25, 0.3) is 0 Å². The molecular weight excluding hydrogens is 346 g/mol. The first-order valence-corrected chi connectivity index (χ1v) is 8.77. The van der Waals surface area contributed by atoms with Gasteiger partial charge in [-0.1, -0.05) is 30.7 Å². The lowest BCUT2D eigenvalue weighted by atomic mass is 10.2. The van der Waals surface area contributed by atoms with Crippen molar-refractivity contribution < 1.29 is 14.3 Å². The summed E-state index contributed by atoms with van der Waals surface area (Å²) in [5.41, 5.74) is 1.21. The summed E-state index contributed by atoms with van der Waals surface area (Å²) in [6, 6.07) is 8.95. The number of anilines is 1. The molecule has 1 N–H and O–H groups in total. The topological polar surface area (TPSA) is 55.4 Å². The van der Waals surface area contributed by atoms with Crippen LogP contribution in [0.4, 0.5) is 5.00 Å². The van der Waals surface area contributed by atoms with Gasteiger partial charge < -0.3 is 10.1 Å². The summed E-state index contributed by atoms with van der Waals surface area (Å²) in [5.74, 6) is -0.743. The number of aryl methyl sites for hydroxylation is 1. The molecule has 0 atom stereocenters. The predicted octanol–water partition coefficient (Wildman–Crippen LogP) is 4.79. The minimum absolute atomic E-state index is 0.290. The summed E-state index contributed by atoms with van der Waals surface area (Å²) in [6.07, 6.45) is 3.86. The highest BCUT2D eigenvalue weighted by Crippen LogP contribution is 2.29. The Balaban J connectivity index is 2.13. The minimum atomic E-state index is -0.428. The van der Waals surface area contributed by atoms with Gasteiger partial charge in [0.05, 0.1) is 12.2 Å². The molecule has 126 valence electrons. The van der Waals surface area contributed by atoms with Crippen molar-refractivity contribution in [1.29, 1.82) is 0 Å². The molecule has 1 heterocycles. The van der Waals surface area contributed by atoms with E-state index in [0.717, 1.165) is 16.9 Å². The predicted molar refractivity (Wildman–Crippen MR) is 98.8 cm³/mol. The number of amides is 1. The molecule has 0 radical (unpaired) electrons. The maximum absolute atomic E-state index is 12.1. The third-order valence-electron chi connectivity index (χ3n) is 3.14. The lowest BCUT2D eigenvalue weighted by Crippen LogP contribution is -2.11. The standard InChI is InChI=1S/C18H18ClNO3S/c1-3-14-11-15(18(22)23-4-2)17(24-14)20-16(21)9-8-12-6-5-7-13(19)10-12/h5-11H,3-4H2,1-2H3,(H,20,21)/b9-8+. The van der Waals surface area contributed by atoms with E-state index in [-0.39, 0.29) is 12.5 Å². The van der Waals surface area contributed by atoms with Crippen LogP contribution in [-0.2, 0) is 16.0 Å². The molecule has 6 heteroatoms. The van der Waals surface area contributed by atoms with Crippen molar-refractivity contribution in [3.05, 3.63) is 57.4 Å². The van der Waals surface area contributed by atoms with Gasteiger partial charge >= 0.3 is 5.97 Å². The highest BCUT2D eigenvalue weighted by molar-refractivity contribution is 7.16. The molecule has 0 aliphatic rings. The average Bonchev–Trinajstić information content (AvgIpc) is 2.96. The Bertz CT molecular complexity index is 767. The monoisotopic (exact) mass is 363 g/mol. The number of rotatable bonds is 6. The molecule has 0 aliphatic carbocycles. The number of hydrogen-bond donors (Lipinski definition) is 1. The van der Waals surface area contributed by atoms with Crippen LogP contribution in [0.3, 0.4) is 0 Å². The molecule has 0 saturated carbocycles. The average molecular weight is 364 g/mol. The van der Waals surface area contributed by atoms with Crippen molar-refractivity contribution in [1.82, 2.24) is 0 Å². The van der Waals surface area contributed by atoms with Crippen molar-refractivity contribution >= 4 is 45.9 Å². The van der Waals surface area contributed by atoms with Crippen LogP contribution >= 0.6 is 22.9 Å². The Kier molecular flexibility index (Phi) is 6.58. The molecule has 0 aliphatic heterocycles. The highest BCUT2D eigenvalue weighted by Gasteiger charge is 2.17. The van der Waals surface area contributed by atoms with Crippen LogP contribution in [0.15, 0.2) is 36.4 Å². The van der Waals surface area contributed by atoms with Crippen molar-refractivity contribution in [3.63, 3.8) is 0 Å². The first-order chi connectivity index (χ1) is 11.5. The Morgan fingerprint density at radius 2 is 2.08 bits per heavy atom. The van der Waals surface area contributed by atoms with Crippen LogP contribution in [0.2, 0.25) is 5.02 Å². The van der Waals surface area contributed by atoms with E-state index in [1.807, 2.05) is 19.1 Å². The van der Waals surface area contributed by atoms with E-state index in [1.165, 1.54) is 17.4 Å². The fourth-order valence-corrected chi connectivity index (χ4v) is 3.19. The summed E-state index contributed by atoms with van der Waals surface area (Å²) in [5, 5.41) is 3.86. The lowest BCUT2D eigenvalue weighted by molar-refractivity contribution is -0.111. The molecule has 0 bridgehead atoms. The summed E-state index contributed by atoms with van der Waals surface area (Å²) in [6.45, 7) is 4.03. The van der Waals surface area contributed by atoms with E-state index >= 15 is 0 Å². The van der Waals surface area contributed by atoms with Crippen molar-refractivity contribution in [2.24, 2.45) is 0 Å². The van der Waals surface area contributed by atoms with E-state index in [0.29, 0.717) is 15.6 Å². The molecule has 2 aromatic rings. The molecule has 4 nitrogen and oxygen atoms in total. The van der Waals surface area contributed by atoms with Crippen LogP contribution in [0.1, 0.15) is 34.6 Å². The number of thiophene rings is 1. The lowest BCUT2D eigenvalue weighted by Gasteiger charge is -2.04. The molecule has 2 rings (SSSR count). The number of hydrogen-bond acceptors (Lipinski definition) is 4. The molecule has 1 aromatic carbocycles.